The zero-order valence-corrected chi connectivity index (χ0v) is 12.3. The van der Waals surface area contributed by atoms with Gasteiger partial charge in [-0.15, -0.1) is 0 Å². The first-order chi connectivity index (χ1) is 10.2. The molecule has 0 aliphatic heterocycles. The SMILES string of the molecule is COC(c1ccccc1)n1ncnc1C1(O)CCCCC1. The minimum atomic E-state index is -0.889. The standard InChI is InChI=1S/C16H21N3O2/c1-21-14(13-8-4-2-5-9-13)19-15(17-12-18-19)16(20)10-6-3-7-11-16/h2,4-5,8-9,12,14,20H,3,6-7,10-11H2,1H3. The Morgan fingerprint density at radius 1 is 1.19 bits per heavy atom. The highest BCUT2D eigenvalue weighted by Crippen LogP contribution is 2.37. The second-order valence-corrected chi connectivity index (χ2v) is 5.62. The van der Waals surface area contributed by atoms with Crippen molar-refractivity contribution in [3.8, 4) is 0 Å². The Hall–Kier alpha value is -1.72. The van der Waals surface area contributed by atoms with Crippen LogP contribution in [0.3, 0.4) is 0 Å². The number of ether oxygens (including phenoxy) is 1. The largest absolute Gasteiger partial charge is 0.382 e. The summed E-state index contributed by atoms with van der Waals surface area (Å²) in [6, 6.07) is 9.88. The molecule has 112 valence electrons. The summed E-state index contributed by atoms with van der Waals surface area (Å²) in [5.41, 5.74) is 0.103. The monoisotopic (exact) mass is 287 g/mol. The summed E-state index contributed by atoms with van der Waals surface area (Å²) in [6.07, 6.45) is 5.81. The van der Waals surface area contributed by atoms with Crippen molar-refractivity contribution in [1.82, 2.24) is 14.8 Å². The Morgan fingerprint density at radius 2 is 1.90 bits per heavy atom. The number of hydrogen-bond acceptors (Lipinski definition) is 4. The summed E-state index contributed by atoms with van der Waals surface area (Å²) < 4.78 is 7.32. The quantitative estimate of drug-likeness (QED) is 0.939. The normalized spacial score (nSPS) is 19.3. The molecule has 1 aromatic carbocycles. The molecule has 0 saturated heterocycles. The molecule has 0 spiro atoms. The average molecular weight is 287 g/mol. The second-order valence-electron chi connectivity index (χ2n) is 5.62. The molecule has 1 N–H and O–H groups in total. The van der Waals surface area contributed by atoms with Gasteiger partial charge in [-0.2, -0.15) is 5.10 Å². The van der Waals surface area contributed by atoms with Crippen LogP contribution in [0.1, 0.15) is 49.7 Å². The maximum Gasteiger partial charge on any atom is 0.177 e. The number of rotatable bonds is 4. The van der Waals surface area contributed by atoms with E-state index in [1.54, 1.807) is 11.8 Å². The Labute approximate surface area is 124 Å². The highest BCUT2D eigenvalue weighted by molar-refractivity contribution is 5.19. The van der Waals surface area contributed by atoms with Crippen LogP contribution in [-0.2, 0) is 10.3 Å². The van der Waals surface area contributed by atoms with Gasteiger partial charge in [-0.3, -0.25) is 0 Å². The van der Waals surface area contributed by atoms with E-state index in [0.29, 0.717) is 5.82 Å². The van der Waals surface area contributed by atoms with E-state index in [-0.39, 0.29) is 6.23 Å². The van der Waals surface area contributed by atoms with Crippen molar-refractivity contribution >= 4 is 0 Å². The first kappa shape index (κ1) is 14.2. The second kappa shape index (κ2) is 5.95. The number of nitrogens with zero attached hydrogens (tertiary/aromatic N) is 3. The minimum absolute atomic E-state index is 0.366. The van der Waals surface area contributed by atoms with Gasteiger partial charge in [-0.05, 0) is 12.8 Å². The Morgan fingerprint density at radius 3 is 2.57 bits per heavy atom. The Kier molecular flexibility index (Phi) is 4.03. The van der Waals surface area contributed by atoms with Crippen molar-refractivity contribution in [3.05, 3.63) is 48.0 Å². The van der Waals surface area contributed by atoms with Crippen molar-refractivity contribution in [3.63, 3.8) is 0 Å². The van der Waals surface area contributed by atoms with Gasteiger partial charge in [0.2, 0.25) is 0 Å². The third-order valence-corrected chi connectivity index (χ3v) is 4.20. The molecule has 3 rings (SSSR count). The fraction of sp³-hybridized carbons (Fsp3) is 0.500. The molecule has 21 heavy (non-hydrogen) atoms. The lowest BCUT2D eigenvalue weighted by Gasteiger charge is -2.32. The van der Waals surface area contributed by atoms with Gasteiger partial charge in [-0.1, -0.05) is 49.6 Å². The van der Waals surface area contributed by atoms with Crippen molar-refractivity contribution in [1.29, 1.82) is 0 Å². The maximum absolute atomic E-state index is 10.9. The molecule has 1 fully saturated rings. The highest BCUT2D eigenvalue weighted by Gasteiger charge is 2.37. The number of aromatic nitrogens is 3. The van der Waals surface area contributed by atoms with E-state index < -0.39 is 5.60 Å². The summed E-state index contributed by atoms with van der Waals surface area (Å²) >= 11 is 0. The third kappa shape index (κ3) is 2.71. The zero-order chi connectivity index (χ0) is 14.7. The van der Waals surface area contributed by atoms with Gasteiger partial charge in [0.15, 0.2) is 12.1 Å². The van der Waals surface area contributed by atoms with Gasteiger partial charge < -0.3 is 9.84 Å². The first-order valence-electron chi connectivity index (χ1n) is 7.45. The first-order valence-corrected chi connectivity index (χ1v) is 7.45. The van der Waals surface area contributed by atoms with E-state index in [2.05, 4.69) is 10.1 Å². The van der Waals surface area contributed by atoms with Crippen LogP contribution in [0.15, 0.2) is 36.7 Å². The fourth-order valence-electron chi connectivity index (χ4n) is 3.11. The summed E-state index contributed by atoms with van der Waals surface area (Å²) in [5, 5.41) is 15.2. The molecule has 1 saturated carbocycles. The molecular formula is C16H21N3O2. The van der Waals surface area contributed by atoms with Crippen LogP contribution in [-0.4, -0.2) is 27.0 Å². The third-order valence-electron chi connectivity index (χ3n) is 4.20. The number of hydrogen-bond donors (Lipinski definition) is 1. The van der Waals surface area contributed by atoms with Crippen LogP contribution in [0.25, 0.3) is 0 Å². The van der Waals surface area contributed by atoms with E-state index in [4.69, 9.17) is 4.74 Å². The lowest BCUT2D eigenvalue weighted by molar-refractivity contribution is -0.0253. The lowest BCUT2D eigenvalue weighted by atomic mass is 9.84. The molecule has 1 unspecified atom stereocenters. The summed E-state index contributed by atoms with van der Waals surface area (Å²) in [5.74, 6) is 0.609. The fourth-order valence-corrected chi connectivity index (χ4v) is 3.11. The van der Waals surface area contributed by atoms with Crippen LogP contribution in [0, 0.1) is 0 Å². The van der Waals surface area contributed by atoms with Crippen molar-refractivity contribution in [2.75, 3.05) is 7.11 Å². The van der Waals surface area contributed by atoms with Crippen molar-refractivity contribution in [2.24, 2.45) is 0 Å². The predicted octanol–water partition coefficient (Wildman–Crippen LogP) is 2.62. The molecule has 5 nitrogen and oxygen atoms in total. The van der Waals surface area contributed by atoms with Gasteiger partial charge in [0, 0.05) is 12.7 Å². The van der Waals surface area contributed by atoms with Crippen molar-refractivity contribution in [2.45, 2.75) is 43.9 Å². The Bertz CT molecular complexity index is 576. The van der Waals surface area contributed by atoms with E-state index in [1.165, 1.54) is 12.7 Å². The average Bonchev–Trinajstić information content (AvgIpc) is 3.00. The molecule has 2 aromatic rings. The topological polar surface area (TPSA) is 60.2 Å². The molecule has 1 aliphatic carbocycles. The molecule has 1 atom stereocenters. The van der Waals surface area contributed by atoms with Gasteiger partial charge in [0.05, 0.1) is 0 Å². The molecule has 0 radical (unpaired) electrons. The molecule has 5 heteroatoms. The number of aliphatic hydroxyl groups is 1. The van der Waals surface area contributed by atoms with Crippen LogP contribution in [0.2, 0.25) is 0 Å². The van der Waals surface area contributed by atoms with Crippen LogP contribution >= 0.6 is 0 Å². The van der Waals surface area contributed by atoms with E-state index >= 15 is 0 Å². The van der Waals surface area contributed by atoms with Crippen LogP contribution in [0.4, 0.5) is 0 Å². The molecule has 0 amide bonds. The van der Waals surface area contributed by atoms with E-state index in [0.717, 1.165) is 31.2 Å². The van der Waals surface area contributed by atoms with Gasteiger partial charge >= 0.3 is 0 Å². The summed E-state index contributed by atoms with van der Waals surface area (Å²) in [6.45, 7) is 0. The lowest BCUT2D eigenvalue weighted by Crippen LogP contribution is -2.34. The van der Waals surface area contributed by atoms with E-state index in [1.807, 2.05) is 30.3 Å². The van der Waals surface area contributed by atoms with E-state index in [9.17, 15) is 5.11 Å². The summed E-state index contributed by atoms with van der Waals surface area (Å²) in [4.78, 5) is 4.33. The van der Waals surface area contributed by atoms with Gasteiger partial charge in [-0.25, -0.2) is 9.67 Å². The molecule has 0 bridgehead atoms. The van der Waals surface area contributed by atoms with Crippen molar-refractivity contribution < 1.29 is 9.84 Å². The molecule has 1 heterocycles. The predicted molar refractivity (Wildman–Crippen MR) is 78.6 cm³/mol. The molecule has 1 aromatic heterocycles. The minimum Gasteiger partial charge on any atom is -0.382 e. The Balaban J connectivity index is 1.97. The van der Waals surface area contributed by atoms with Gasteiger partial charge in [0.1, 0.15) is 11.9 Å². The molecule has 1 aliphatic rings. The highest BCUT2D eigenvalue weighted by atomic mass is 16.5. The molecular weight excluding hydrogens is 266 g/mol. The van der Waals surface area contributed by atoms with Crippen LogP contribution in [0.5, 0.6) is 0 Å². The number of methoxy groups -OCH3 is 1. The zero-order valence-electron chi connectivity index (χ0n) is 12.3. The summed E-state index contributed by atoms with van der Waals surface area (Å²) in [7, 11) is 1.65. The maximum atomic E-state index is 10.9. The van der Waals surface area contributed by atoms with Crippen LogP contribution < -0.4 is 0 Å². The number of benzene rings is 1. The van der Waals surface area contributed by atoms with Gasteiger partial charge in [0.25, 0.3) is 0 Å². The smallest absolute Gasteiger partial charge is 0.177 e.